The Morgan fingerprint density at radius 3 is 3.00 bits per heavy atom. The van der Waals surface area contributed by atoms with Crippen molar-refractivity contribution in [1.82, 2.24) is 0 Å². The van der Waals surface area contributed by atoms with Crippen LogP contribution in [0, 0.1) is 0 Å². The quantitative estimate of drug-likeness (QED) is 0.742. The standard InChI is InChI=1S/C10H18O3S/c1-2-9(6-10(11)12)14-7-8-4-3-5-13-8/h8-9H,2-7H2,1H3,(H,11,12). The first-order valence-corrected chi connectivity index (χ1v) is 6.22. The van der Waals surface area contributed by atoms with Crippen molar-refractivity contribution in [3.63, 3.8) is 0 Å². The number of carbonyl (C=O) groups is 1. The number of carboxylic acid groups (broad SMARTS) is 1. The summed E-state index contributed by atoms with van der Waals surface area (Å²) in [5, 5.41) is 8.91. The van der Waals surface area contributed by atoms with Crippen LogP contribution < -0.4 is 0 Å². The molecule has 1 rings (SSSR count). The van der Waals surface area contributed by atoms with E-state index in [9.17, 15) is 4.79 Å². The summed E-state index contributed by atoms with van der Waals surface area (Å²) in [5.74, 6) is 0.253. The van der Waals surface area contributed by atoms with Crippen molar-refractivity contribution < 1.29 is 14.6 Å². The van der Waals surface area contributed by atoms with Crippen molar-refractivity contribution in [2.45, 2.75) is 44.0 Å². The van der Waals surface area contributed by atoms with E-state index in [1.807, 2.05) is 6.92 Å². The minimum absolute atomic E-state index is 0.247. The van der Waals surface area contributed by atoms with Crippen LogP contribution in [-0.4, -0.2) is 34.8 Å². The number of hydrogen-bond donors (Lipinski definition) is 1. The normalized spacial score (nSPS) is 23.6. The summed E-state index contributed by atoms with van der Waals surface area (Å²) in [4.78, 5) is 10.5. The topological polar surface area (TPSA) is 46.5 Å². The van der Waals surface area contributed by atoms with Gasteiger partial charge in [0.25, 0.3) is 0 Å². The molecule has 4 heteroatoms. The number of aliphatic carboxylic acids is 1. The molecule has 1 N–H and O–H groups in total. The van der Waals surface area contributed by atoms with Crippen LogP contribution in [0.3, 0.4) is 0 Å². The molecule has 0 bridgehead atoms. The van der Waals surface area contributed by atoms with Crippen molar-refractivity contribution in [2.24, 2.45) is 0 Å². The van der Waals surface area contributed by atoms with Crippen LogP contribution in [-0.2, 0) is 9.53 Å². The lowest BCUT2D eigenvalue weighted by Crippen LogP contribution is -2.14. The second-order valence-electron chi connectivity index (χ2n) is 3.60. The lowest BCUT2D eigenvalue weighted by atomic mass is 10.2. The van der Waals surface area contributed by atoms with Gasteiger partial charge in [0.15, 0.2) is 0 Å². The Morgan fingerprint density at radius 2 is 2.50 bits per heavy atom. The fraction of sp³-hybridized carbons (Fsp3) is 0.900. The fourth-order valence-electron chi connectivity index (χ4n) is 1.54. The van der Waals surface area contributed by atoms with E-state index in [1.165, 1.54) is 0 Å². The highest BCUT2D eigenvalue weighted by Crippen LogP contribution is 2.23. The van der Waals surface area contributed by atoms with Crippen molar-refractivity contribution in [3.05, 3.63) is 0 Å². The molecule has 1 fully saturated rings. The highest BCUT2D eigenvalue weighted by Gasteiger charge is 2.18. The van der Waals surface area contributed by atoms with Crippen LogP contribution in [0.25, 0.3) is 0 Å². The predicted molar refractivity (Wildman–Crippen MR) is 57.8 cm³/mol. The largest absolute Gasteiger partial charge is 0.481 e. The molecule has 0 saturated carbocycles. The second kappa shape index (κ2) is 6.30. The minimum Gasteiger partial charge on any atom is -0.481 e. The van der Waals surface area contributed by atoms with Gasteiger partial charge < -0.3 is 9.84 Å². The van der Waals surface area contributed by atoms with Crippen molar-refractivity contribution in [3.8, 4) is 0 Å². The minimum atomic E-state index is -0.698. The van der Waals surface area contributed by atoms with Crippen LogP contribution in [0.2, 0.25) is 0 Å². The Bertz CT molecular complexity index is 178. The van der Waals surface area contributed by atoms with Gasteiger partial charge in [0.1, 0.15) is 0 Å². The van der Waals surface area contributed by atoms with E-state index in [-0.39, 0.29) is 11.7 Å². The molecule has 2 atom stereocenters. The Morgan fingerprint density at radius 1 is 1.71 bits per heavy atom. The molecule has 14 heavy (non-hydrogen) atoms. The Kier molecular flexibility index (Phi) is 5.33. The van der Waals surface area contributed by atoms with Gasteiger partial charge in [-0.05, 0) is 19.3 Å². The highest BCUT2D eigenvalue weighted by molar-refractivity contribution is 7.99. The molecular weight excluding hydrogens is 200 g/mol. The van der Waals surface area contributed by atoms with Gasteiger partial charge in [-0.15, -0.1) is 0 Å². The first kappa shape index (κ1) is 11.9. The van der Waals surface area contributed by atoms with Crippen LogP contribution in [0.15, 0.2) is 0 Å². The van der Waals surface area contributed by atoms with Crippen LogP contribution in [0.5, 0.6) is 0 Å². The number of ether oxygens (including phenoxy) is 1. The molecule has 82 valence electrons. The first-order valence-electron chi connectivity index (χ1n) is 5.17. The maximum atomic E-state index is 10.5. The Hall–Kier alpha value is -0.220. The predicted octanol–water partition coefficient (Wildman–Crippen LogP) is 2.15. The average molecular weight is 218 g/mol. The maximum Gasteiger partial charge on any atom is 0.304 e. The van der Waals surface area contributed by atoms with Gasteiger partial charge in [0.2, 0.25) is 0 Å². The Labute approximate surface area is 89.2 Å². The summed E-state index contributed by atoms with van der Waals surface area (Å²) >= 11 is 1.74. The summed E-state index contributed by atoms with van der Waals surface area (Å²) < 4.78 is 5.48. The molecule has 0 aromatic heterocycles. The molecule has 0 aromatic rings. The molecule has 1 aliphatic heterocycles. The molecule has 0 aromatic carbocycles. The number of rotatable bonds is 6. The van der Waals surface area contributed by atoms with E-state index < -0.39 is 5.97 Å². The van der Waals surface area contributed by atoms with Gasteiger partial charge in [-0.2, -0.15) is 11.8 Å². The van der Waals surface area contributed by atoms with Gasteiger partial charge in [0, 0.05) is 17.6 Å². The molecule has 1 aliphatic rings. The van der Waals surface area contributed by atoms with Crippen LogP contribution in [0.4, 0.5) is 0 Å². The molecule has 2 unspecified atom stereocenters. The van der Waals surface area contributed by atoms with Crippen LogP contribution >= 0.6 is 11.8 Å². The lowest BCUT2D eigenvalue weighted by molar-refractivity contribution is -0.136. The van der Waals surface area contributed by atoms with Crippen molar-refractivity contribution >= 4 is 17.7 Å². The SMILES string of the molecule is CCC(CC(=O)O)SCC1CCCO1. The third kappa shape index (κ3) is 4.33. The zero-order valence-electron chi connectivity index (χ0n) is 8.57. The second-order valence-corrected chi connectivity index (χ2v) is 4.93. The first-order chi connectivity index (χ1) is 6.72. The molecular formula is C10H18O3S. The summed E-state index contributed by atoms with van der Waals surface area (Å²) in [7, 11) is 0. The van der Waals surface area contributed by atoms with E-state index in [0.717, 1.165) is 31.6 Å². The molecule has 0 radical (unpaired) electrons. The monoisotopic (exact) mass is 218 g/mol. The van der Waals surface area contributed by atoms with Gasteiger partial charge in [-0.3, -0.25) is 4.79 Å². The average Bonchev–Trinajstić information content (AvgIpc) is 2.64. The van der Waals surface area contributed by atoms with E-state index in [2.05, 4.69) is 0 Å². The fourth-order valence-corrected chi connectivity index (χ4v) is 2.78. The number of carboxylic acids is 1. The summed E-state index contributed by atoms with van der Waals surface area (Å²) in [6.07, 6.45) is 3.84. The van der Waals surface area contributed by atoms with Gasteiger partial charge in [-0.1, -0.05) is 6.92 Å². The van der Waals surface area contributed by atoms with Gasteiger partial charge in [0.05, 0.1) is 12.5 Å². The van der Waals surface area contributed by atoms with Gasteiger partial charge >= 0.3 is 5.97 Å². The molecule has 3 nitrogen and oxygen atoms in total. The molecule has 1 saturated heterocycles. The van der Waals surface area contributed by atoms with Crippen molar-refractivity contribution in [2.75, 3.05) is 12.4 Å². The smallest absolute Gasteiger partial charge is 0.304 e. The van der Waals surface area contributed by atoms with Crippen molar-refractivity contribution in [1.29, 1.82) is 0 Å². The van der Waals surface area contributed by atoms with Gasteiger partial charge in [-0.25, -0.2) is 0 Å². The summed E-state index contributed by atoms with van der Waals surface area (Å²) in [6.45, 7) is 2.91. The number of thioether (sulfide) groups is 1. The lowest BCUT2D eigenvalue weighted by Gasteiger charge is -2.14. The van der Waals surface area contributed by atoms with E-state index in [1.54, 1.807) is 11.8 Å². The Balaban J connectivity index is 2.15. The molecule has 0 spiro atoms. The summed E-state index contributed by atoms with van der Waals surface area (Å²) in [6, 6.07) is 0. The molecule has 0 amide bonds. The van der Waals surface area contributed by atoms with E-state index in [4.69, 9.17) is 9.84 Å². The zero-order chi connectivity index (χ0) is 10.4. The van der Waals surface area contributed by atoms with Crippen LogP contribution in [0.1, 0.15) is 32.6 Å². The highest BCUT2D eigenvalue weighted by atomic mass is 32.2. The maximum absolute atomic E-state index is 10.5. The summed E-state index contributed by atoms with van der Waals surface area (Å²) in [5.41, 5.74) is 0. The van der Waals surface area contributed by atoms with E-state index in [0.29, 0.717) is 6.10 Å². The molecule has 1 heterocycles. The van der Waals surface area contributed by atoms with E-state index >= 15 is 0 Å². The number of hydrogen-bond acceptors (Lipinski definition) is 3. The third-order valence-corrected chi connectivity index (χ3v) is 3.94. The zero-order valence-corrected chi connectivity index (χ0v) is 9.39. The molecule has 0 aliphatic carbocycles. The third-order valence-electron chi connectivity index (χ3n) is 2.40.